The van der Waals surface area contributed by atoms with Crippen molar-refractivity contribution in [3.05, 3.63) is 0 Å². The maximum Gasteiger partial charge on any atom is 0.237 e. The van der Waals surface area contributed by atoms with Gasteiger partial charge in [0.05, 0.1) is 12.6 Å². The van der Waals surface area contributed by atoms with Gasteiger partial charge in [0.2, 0.25) is 11.8 Å². The molecule has 1 atom stereocenters. The van der Waals surface area contributed by atoms with Crippen LogP contribution in [0.2, 0.25) is 0 Å². The molecule has 0 aliphatic carbocycles. The third kappa shape index (κ3) is 3.46. The number of likely N-dealkylation sites (tertiary alicyclic amines) is 1. The van der Waals surface area contributed by atoms with Crippen LogP contribution in [0.3, 0.4) is 0 Å². The highest BCUT2D eigenvalue weighted by atomic mass is 16.2. The van der Waals surface area contributed by atoms with Crippen molar-refractivity contribution in [3.63, 3.8) is 0 Å². The summed E-state index contributed by atoms with van der Waals surface area (Å²) in [5.41, 5.74) is 5.29. The smallest absolute Gasteiger partial charge is 0.237 e. The Labute approximate surface area is 95.5 Å². The van der Waals surface area contributed by atoms with Crippen molar-refractivity contribution in [1.82, 2.24) is 15.5 Å². The Morgan fingerprint density at radius 2 is 2.25 bits per heavy atom. The van der Waals surface area contributed by atoms with Gasteiger partial charge < -0.3 is 16.4 Å². The van der Waals surface area contributed by atoms with E-state index in [1.807, 2.05) is 4.90 Å². The normalized spacial score (nSPS) is 20.8. The first-order valence-electron chi connectivity index (χ1n) is 5.61. The molecule has 1 unspecified atom stereocenters. The zero-order valence-corrected chi connectivity index (χ0v) is 9.66. The molecular weight excluding hydrogens is 208 g/mol. The summed E-state index contributed by atoms with van der Waals surface area (Å²) in [6.07, 6.45) is 1.78. The number of rotatable bonds is 5. The number of nitrogens with one attached hydrogen (secondary N) is 2. The Morgan fingerprint density at radius 1 is 1.50 bits per heavy atom. The van der Waals surface area contributed by atoms with Gasteiger partial charge in [-0.25, -0.2) is 0 Å². The minimum atomic E-state index is -0.159. The fraction of sp³-hybridized carbons (Fsp3) is 0.800. The standard InChI is InChI=1S/C10H20N4O2/c1-12-10(16)8-3-2-6-14(8)7-9(15)13-5-4-11/h8H,2-7,11H2,1H3,(H,12,16)(H,13,15). The van der Waals surface area contributed by atoms with E-state index in [0.717, 1.165) is 19.4 Å². The molecule has 2 amide bonds. The van der Waals surface area contributed by atoms with Crippen molar-refractivity contribution in [2.45, 2.75) is 18.9 Å². The predicted octanol–water partition coefficient (Wildman–Crippen LogP) is -1.73. The Balaban J connectivity index is 2.40. The van der Waals surface area contributed by atoms with Crippen LogP contribution in [0.15, 0.2) is 0 Å². The average molecular weight is 228 g/mol. The van der Waals surface area contributed by atoms with Gasteiger partial charge in [0.1, 0.15) is 0 Å². The maximum atomic E-state index is 11.5. The fourth-order valence-corrected chi connectivity index (χ4v) is 1.93. The molecule has 1 aliphatic rings. The molecule has 92 valence electrons. The molecule has 1 fully saturated rings. The minimum absolute atomic E-state index is 0.0101. The molecule has 6 nitrogen and oxygen atoms in total. The largest absolute Gasteiger partial charge is 0.358 e. The molecule has 4 N–H and O–H groups in total. The maximum absolute atomic E-state index is 11.5. The molecule has 1 heterocycles. The lowest BCUT2D eigenvalue weighted by Gasteiger charge is -2.22. The highest BCUT2D eigenvalue weighted by Gasteiger charge is 2.30. The van der Waals surface area contributed by atoms with Crippen LogP contribution in [-0.2, 0) is 9.59 Å². The Kier molecular flexibility index (Phi) is 5.21. The minimum Gasteiger partial charge on any atom is -0.358 e. The third-order valence-corrected chi connectivity index (χ3v) is 2.73. The first-order chi connectivity index (χ1) is 7.69. The molecule has 1 aliphatic heterocycles. The molecule has 0 spiro atoms. The van der Waals surface area contributed by atoms with E-state index in [-0.39, 0.29) is 24.4 Å². The van der Waals surface area contributed by atoms with Crippen LogP contribution in [0, 0.1) is 0 Å². The predicted molar refractivity (Wildman–Crippen MR) is 60.7 cm³/mol. The van der Waals surface area contributed by atoms with Crippen LogP contribution in [0.4, 0.5) is 0 Å². The molecule has 1 saturated heterocycles. The summed E-state index contributed by atoms with van der Waals surface area (Å²) in [7, 11) is 1.62. The van der Waals surface area contributed by atoms with Crippen LogP contribution in [0.25, 0.3) is 0 Å². The van der Waals surface area contributed by atoms with Gasteiger partial charge in [0, 0.05) is 20.1 Å². The van der Waals surface area contributed by atoms with E-state index in [4.69, 9.17) is 5.73 Å². The van der Waals surface area contributed by atoms with Gasteiger partial charge in [-0.3, -0.25) is 14.5 Å². The van der Waals surface area contributed by atoms with Gasteiger partial charge in [-0.05, 0) is 19.4 Å². The van der Waals surface area contributed by atoms with Crippen molar-refractivity contribution >= 4 is 11.8 Å². The number of hydrogen-bond donors (Lipinski definition) is 3. The number of likely N-dealkylation sites (N-methyl/N-ethyl adjacent to an activating group) is 1. The van der Waals surface area contributed by atoms with E-state index >= 15 is 0 Å². The first-order valence-corrected chi connectivity index (χ1v) is 5.61. The highest BCUT2D eigenvalue weighted by Crippen LogP contribution is 2.16. The fourth-order valence-electron chi connectivity index (χ4n) is 1.93. The van der Waals surface area contributed by atoms with Crippen LogP contribution in [0.5, 0.6) is 0 Å². The Hall–Kier alpha value is -1.14. The summed E-state index contributed by atoms with van der Waals surface area (Å²) in [6, 6.07) is -0.159. The van der Waals surface area contributed by atoms with E-state index in [0.29, 0.717) is 13.1 Å². The van der Waals surface area contributed by atoms with Crippen molar-refractivity contribution in [3.8, 4) is 0 Å². The number of carbonyl (C=O) groups excluding carboxylic acids is 2. The molecular formula is C10H20N4O2. The second kappa shape index (κ2) is 6.44. The third-order valence-electron chi connectivity index (χ3n) is 2.73. The average Bonchev–Trinajstić information content (AvgIpc) is 2.73. The second-order valence-electron chi connectivity index (χ2n) is 3.88. The number of amides is 2. The van der Waals surface area contributed by atoms with Crippen molar-refractivity contribution in [2.75, 3.05) is 33.2 Å². The van der Waals surface area contributed by atoms with E-state index in [1.165, 1.54) is 0 Å². The molecule has 0 aromatic carbocycles. The summed E-state index contributed by atoms with van der Waals surface area (Å²) in [6.45, 7) is 1.99. The Morgan fingerprint density at radius 3 is 2.88 bits per heavy atom. The lowest BCUT2D eigenvalue weighted by Crippen LogP contribution is -2.46. The van der Waals surface area contributed by atoms with E-state index in [9.17, 15) is 9.59 Å². The van der Waals surface area contributed by atoms with Gasteiger partial charge in [-0.15, -0.1) is 0 Å². The molecule has 0 saturated carbocycles. The van der Waals surface area contributed by atoms with Crippen LogP contribution < -0.4 is 16.4 Å². The van der Waals surface area contributed by atoms with Gasteiger partial charge >= 0.3 is 0 Å². The van der Waals surface area contributed by atoms with E-state index in [1.54, 1.807) is 7.05 Å². The van der Waals surface area contributed by atoms with E-state index < -0.39 is 0 Å². The lowest BCUT2D eigenvalue weighted by molar-refractivity contribution is -0.127. The number of nitrogens with zero attached hydrogens (tertiary/aromatic N) is 1. The molecule has 0 aromatic heterocycles. The second-order valence-corrected chi connectivity index (χ2v) is 3.88. The van der Waals surface area contributed by atoms with Crippen molar-refractivity contribution in [1.29, 1.82) is 0 Å². The van der Waals surface area contributed by atoms with Crippen molar-refractivity contribution in [2.24, 2.45) is 5.73 Å². The monoisotopic (exact) mass is 228 g/mol. The van der Waals surface area contributed by atoms with Gasteiger partial charge in [0.15, 0.2) is 0 Å². The van der Waals surface area contributed by atoms with Crippen LogP contribution >= 0.6 is 0 Å². The molecule has 0 radical (unpaired) electrons. The SMILES string of the molecule is CNC(=O)C1CCCN1CC(=O)NCCN. The summed E-state index contributed by atoms with van der Waals surface area (Å²) >= 11 is 0. The molecule has 0 bridgehead atoms. The zero-order valence-electron chi connectivity index (χ0n) is 9.66. The van der Waals surface area contributed by atoms with Crippen LogP contribution in [0.1, 0.15) is 12.8 Å². The number of nitrogens with two attached hydrogens (primary N) is 1. The lowest BCUT2D eigenvalue weighted by atomic mass is 10.2. The topological polar surface area (TPSA) is 87.5 Å². The first kappa shape index (κ1) is 12.9. The summed E-state index contributed by atoms with van der Waals surface area (Å²) in [4.78, 5) is 24.9. The molecule has 0 aromatic rings. The van der Waals surface area contributed by atoms with Crippen molar-refractivity contribution < 1.29 is 9.59 Å². The molecule has 6 heteroatoms. The Bertz CT molecular complexity index is 257. The summed E-state index contributed by atoms with van der Waals surface area (Å²) < 4.78 is 0. The van der Waals surface area contributed by atoms with Gasteiger partial charge in [0.25, 0.3) is 0 Å². The number of hydrogen-bond acceptors (Lipinski definition) is 4. The zero-order chi connectivity index (χ0) is 12.0. The quantitative estimate of drug-likeness (QED) is 0.522. The summed E-state index contributed by atoms with van der Waals surface area (Å²) in [5, 5.41) is 5.32. The van der Waals surface area contributed by atoms with E-state index in [2.05, 4.69) is 10.6 Å². The molecule has 16 heavy (non-hydrogen) atoms. The van der Waals surface area contributed by atoms with Crippen LogP contribution in [-0.4, -0.2) is 56.0 Å². The highest BCUT2D eigenvalue weighted by molar-refractivity contribution is 5.83. The number of carbonyl (C=O) groups is 2. The molecule has 1 rings (SSSR count). The van der Waals surface area contributed by atoms with Gasteiger partial charge in [-0.2, -0.15) is 0 Å². The summed E-state index contributed by atoms with van der Waals surface area (Å²) in [5.74, 6) is -0.0784. The van der Waals surface area contributed by atoms with Gasteiger partial charge in [-0.1, -0.05) is 0 Å².